The highest BCUT2D eigenvalue weighted by Gasteiger charge is 2.59. The summed E-state index contributed by atoms with van der Waals surface area (Å²) in [7, 11) is 0. The van der Waals surface area contributed by atoms with Crippen LogP contribution in [0.4, 0.5) is 0 Å². The zero-order valence-electron chi connectivity index (χ0n) is 22.9. The Hall–Kier alpha value is -2.40. The molecule has 0 aromatic heterocycles. The van der Waals surface area contributed by atoms with Crippen molar-refractivity contribution in [3.63, 3.8) is 0 Å². The molecule has 6 heteroatoms. The number of hydrogen-bond acceptors (Lipinski definition) is 5. The Morgan fingerprint density at radius 1 is 0.923 bits per heavy atom. The number of allylic oxidation sites excluding steroid dienone is 2. The number of halogens is 1. The van der Waals surface area contributed by atoms with E-state index in [1.807, 2.05) is 25.1 Å². The third kappa shape index (κ3) is 4.90. The van der Waals surface area contributed by atoms with Gasteiger partial charge in [0.2, 0.25) is 0 Å². The van der Waals surface area contributed by atoms with Gasteiger partial charge in [-0.15, -0.1) is 0 Å². The normalized spacial score (nSPS) is 38.5. The van der Waals surface area contributed by atoms with E-state index in [0.29, 0.717) is 22.4 Å². The molecule has 3 aliphatic carbocycles. The SMILES string of the molecule is CC[C@H]1CCCC[C@@H](C)C(=O)C2=CC3[C@@H]4CCCC4C4C=C(c5cccc(Cl)c5)C(=O)OC4[C@H]3[C@@H]2CC(=O)O1. The molecular formula is C33H39ClO5. The molecule has 1 aromatic carbocycles. The molecule has 39 heavy (non-hydrogen) atoms. The van der Waals surface area contributed by atoms with E-state index in [0.717, 1.165) is 62.5 Å². The average molecular weight is 551 g/mol. The molecule has 3 fully saturated rings. The molecule has 208 valence electrons. The van der Waals surface area contributed by atoms with E-state index in [1.165, 1.54) is 0 Å². The number of carbonyl (C=O) groups excluding carboxylic acids is 3. The van der Waals surface area contributed by atoms with E-state index in [2.05, 4.69) is 19.1 Å². The molecule has 0 N–H and O–H groups in total. The average Bonchev–Trinajstić information content (AvgIpc) is 3.54. The molecule has 9 atom stereocenters. The minimum absolute atomic E-state index is 0.0616. The van der Waals surface area contributed by atoms with Crippen molar-refractivity contribution < 1.29 is 23.9 Å². The topological polar surface area (TPSA) is 69.7 Å². The standard InChI is InChI=1S/C33H39ClO5/c1-3-21-11-5-4-8-18(2)31(36)27-16-25-22-12-7-13-23(22)28-15-24(19-9-6-10-20(34)14-19)33(37)39-32(28)30(25)26(27)17-29(35)38-21/h6,9-10,14-16,18,21-23,25-26,28,30,32H,3-5,7-8,11-13,17H2,1-2H3/t18-,21+,22-,23?,25?,26-,28?,30-,32?/m1/s1. The van der Waals surface area contributed by atoms with Crippen LogP contribution in [0.5, 0.6) is 0 Å². The molecule has 2 aliphatic heterocycles. The molecule has 0 radical (unpaired) electrons. The van der Waals surface area contributed by atoms with Crippen LogP contribution in [-0.2, 0) is 23.9 Å². The first-order chi connectivity index (χ1) is 18.9. The predicted octanol–water partition coefficient (Wildman–Crippen LogP) is 6.97. The number of carbonyl (C=O) groups is 3. The Morgan fingerprint density at radius 2 is 1.69 bits per heavy atom. The monoisotopic (exact) mass is 550 g/mol. The van der Waals surface area contributed by atoms with Gasteiger partial charge < -0.3 is 9.47 Å². The molecule has 1 aromatic rings. The molecule has 0 spiro atoms. The van der Waals surface area contributed by atoms with Gasteiger partial charge in [-0.2, -0.15) is 0 Å². The number of benzene rings is 1. The van der Waals surface area contributed by atoms with Crippen LogP contribution >= 0.6 is 11.6 Å². The molecule has 5 nitrogen and oxygen atoms in total. The van der Waals surface area contributed by atoms with Crippen LogP contribution in [0, 0.1) is 41.4 Å². The summed E-state index contributed by atoms with van der Waals surface area (Å²) >= 11 is 6.26. The lowest BCUT2D eigenvalue weighted by Crippen LogP contribution is -2.51. The van der Waals surface area contributed by atoms with Gasteiger partial charge in [0.05, 0.1) is 12.0 Å². The Bertz CT molecular complexity index is 1220. The van der Waals surface area contributed by atoms with Crippen molar-refractivity contribution >= 4 is 34.9 Å². The minimum Gasteiger partial charge on any atom is -0.462 e. The third-order valence-electron chi connectivity index (χ3n) is 10.3. The highest BCUT2D eigenvalue weighted by Crippen LogP contribution is 2.60. The van der Waals surface area contributed by atoms with Gasteiger partial charge in [0.1, 0.15) is 12.2 Å². The maximum absolute atomic E-state index is 13.8. The van der Waals surface area contributed by atoms with Crippen LogP contribution in [0.2, 0.25) is 5.02 Å². The van der Waals surface area contributed by atoms with Gasteiger partial charge in [0.15, 0.2) is 5.78 Å². The van der Waals surface area contributed by atoms with Gasteiger partial charge in [0.25, 0.3) is 0 Å². The second-order valence-corrected chi connectivity index (χ2v) is 12.9. The van der Waals surface area contributed by atoms with Gasteiger partial charge in [-0.1, -0.05) is 62.6 Å². The summed E-state index contributed by atoms with van der Waals surface area (Å²) in [5.41, 5.74) is 2.13. The van der Waals surface area contributed by atoms with Crippen LogP contribution in [-0.4, -0.2) is 29.9 Å². The van der Waals surface area contributed by atoms with E-state index >= 15 is 0 Å². The number of cyclic esters (lactones) is 1. The molecule has 0 amide bonds. The Labute approximate surface area is 236 Å². The highest BCUT2D eigenvalue weighted by atomic mass is 35.5. The lowest BCUT2D eigenvalue weighted by atomic mass is 9.59. The van der Waals surface area contributed by atoms with Gasteiger partial charge in [-0.05, 0) is 79.5 Å². The summed E-state index contributed by atoms with van der Waals surface area (Å²) in [5, 5.41) is 0.583. The number of ether oxygens (including phenoxy) is 2. The van der Waals surface area contributed by atoms with Gasteiger partial charge in [-0.3, -0.25) is 9.59 Å². The molecule has 2 saturated carbocycles. The van der Waals surface area contributed by atoms with Gasteiger partial charge in [0, 0.05) is 28.7 Å². The van der Waals surface area contributed by atoms with E-state index < -0.39 is 0 Å². The zero-order valence-corrected chi connectivity index (χ0v) is 23.7. The van der Waals surface area contributed by atoms with Crippen molar-refractivity contribution in [3.8, 4) is 0 Å². The van der Waals surface area contributed by atoms with Gasteiger partial charge >= 0.3 is 11.9 Å². The Morgan fingerprint density at radius 3 is 2.46 bits per heavy atom. The van der Waals surface area contributed by atoms with Crippen LogP contribution in [0.15, 0.2) is 42.0 Å². The fourth-order valence-electron chi connectivity index (χ4n) is 8.45. The molecule has 4 unspecified atom stereocenters. The van der Waals surface area contributed by atoms with Crippen molar-refractivity contribution in [2.45, 2.75) is 83.8 Å². The number of ketones is 1. The van der Waals surface area contributed by atoms with Crippen molar-refractivity contribution in [2.75, 3.05) is 0 Å². The molecule has 5 aliphatic rings. The van der Waals surface area contributed by atoms with E-state index in [9.17, 15) is 14.4 Å². The third-order valence-corrected chi connectivity index (χ3v) is 10.5. The second kappa shape index (κ2) is 10.9. The predicted molar refractivity (Wildman–Crippen MR) is 150 cm³/mol. The van der Waals surface area contributed by atoms with Crippen molar-refractivity contribution in [3.05, 3.63) is 52.6 Å². The van der Waals surface area contributed by atoms with Crippen LogP contribution in [0.3, 0.4) is 0 Å². The summed E-state index contributed by atoms with van der Waals surface area (Å²) in [5.74, 6) is 0.158. The lowest BCUT2D eigenvalue weighted by Gasteiger charge is -2.49. The number of hydrogen-bond donors (Lipinski definition) is 0. The fourth-order valence-corrected chi connectivity index (χ4v) is 8.64. The number of esters is 2. The Balaban J connectivity index is 1.39. The summed E-state index contributed by atoms with van der Waals surface area (Å²) in [4.78, 5) is 40.6. The zero-order chi connectivity index (χ0) is 27.3. The summed E-state index contributed by atoms with van der Waals surface area (Å²) in [6.45, 7) is 4.09. The minimum atomic E-state index is -0.352. The van der Waals surface area contributed by atoms with Crippen molar-refractivity contribution in [2.24, 2.45) is 41.4 Å². The smallest absolute Gasteiger partial charge is 0.338 e. The van der Waals surface area contributed by atoms with Crippen molar-refractivity contribution in [1.29, 1.82) is 0 Å². The maximum Gasteiger partial charge on any atom is 0.338 e. The second-order valence-electron chi connectivity index (χ2n) is 12.5. The van der Waals surface area contributed by atoms with E-state index in [4.69, 9.17) is 21.1 Å². The first-order valence-electron chi connectivity index (χ1n) is 15.0. The summed E-state index contributed by atoms with van der Waals surface area (Å²) in [6, 6.07) is 7.37. The van der Waals surface area contributed by atoms with Crippen LogP contribution in [0.25, 0.3) is 5.57 Å². The molecule has 6 rings (SSSR count). The highest BCUT2D eigenvalue weighted by molar-refractivity contribution is 6.31. The molecule has 2 heterocycles. The maximum atomic E-state index is 13.8. The number of fused-ring (bicyclic) bond motifs is 8. The van der Waals surface area contributed by atoms with Crippen LogP contribution < -0.4 is 0 Å². The largest absolute Gasteiger partial charge is 0.462 e. The van der Waals surface area contributed by atoms with Crippen LogP contribution in [0.1, 0.15) is 77.2 Å². The summed E-state index contributed by atoms with van der Waals surface area (Å²) in [6.07, 6.45) is 11.8. The quantitative estimate of drug-likeness (QED) is 0.372. The first-order valence-corrected chi connectivity index (χ1v) is 15.4. The molecule has 0 bridgehead atoms. The fraction of sp³-hybridized carbons (Fsp3) is 0.606. The lowest BCUT2D eigenvalue weighted by molar-refractivity contribution is -0.161. The Kier molecular flexibility index (Phi) is 7.47. The summed E-state index contributed by atoms with van der Waals surface area (Å²) < 4.78 is 12.3. The number of Topliss-reactive ketones (excluding diaryl/α,β-unsaturated/α-hetero) is 1. The van der Waals surface area contributed by atoms with Crippen molar-refractivity contribution in [1.82, 2.24) is 0 Å². The number of rotatable bonds is 2. The van der Waals surface area contributed by atoms with E-state index in [-0.39, 0.29) is 65.9 Å². The molecule has 1 saturated heterocycles. The van der Waals surface area contributed by atoms with E-state index in [1.54, 1.807) is 6.07 Å². The molecular weight excluding hydrogens is 512 g/mol. The van der Waals surface area contributed by atoms with Gasteiger partial charge in [-0.25, -0.2) is 4.79 Å². The first kappa shape index (κ1) is 26.8.